The lowest BCUT2D eigenvalue weighted by atomic mass is 9.78. The molecule has 0 fully saturated rings. The van der Waals surface area contributed by atoms with E-state index in [9.17, 15) is 5.26 Å². The molecular weight excluding hydrogens is 316 g/mol. The average Bonchev–Trinajstić information content (AvgIpc) is 2.98. The van der Waals surface area contributed by atoms with Gasteiger partial charge in [0.25, 0.3) is 0 Å². The van der Waals surface area contributed by atoms with Gasteiger partial charge in [-0.3, -0.25) is 5.10 Å². The maximum absolute atomic E-state index is 9.73. The second-order valence-electron chi connectivity index (χ2n) is 6.96. The van der Waals surface area contributed by atoms with Crippen molar-refractivity contribution in [2.45, 2.75) is 39.0 Å². The van der Waals surface area contributed by atoms with Crippen molar-refractivity contribution in [3.05, 3.63) is 52.5 Å². The topological polar surface area (TPSA) is 96.9 Å². The molecule has 130 valence electrons. The van der Waals surface area contributed by atoms with Crippen LogP contribution in [0.5, 0.6) is 11.6 Å². The highest BCUT2D eigenvalue weighted by atomic mass is 16.5. The standard InChI is InChI=1S/C19H22N4O2/c1-5-24-13-9-7-6-8-11(13)14-12(10-20)17(21)25-18-15(14)16(22-23-18)19(2,3)4/h6-9,14H,5,21H2,1-4H3,(H,22,23)/t14-/m0/s1. The summed E-state index contributed by atoms with van der Waals surface area (Å²) in [6.45, 7) is 8.71. The summed E-state index contributed by atoms with van der Waals surface area (Å²) in [5.74, 6) is 0.838. The Labute approximate surface area is 147 Å². The molecule has 0 amide bonds. The summed E-state index contributed by atoms with van der Waals surface area (Å²) in [5, 5.41) is 17.1. The lowest BCUT2D eigenvalue weighted by Crippen LogP contribution is -2.24. The van der Waals surface area contributed by atoms with Crippen molar-refractivity contribution in [2.24, 2.45) is 5.73 Å². The van der Waals surface area contributed by atoms with Crippen LogP contribution in [0, 0.1) is 11.3 Å². The molecule has 0 unspecified atom stereocenters. The Hall–Kier alpha value is -2.94. The van der Waals surface area contributed by atoms with Crippen LogP contribution in [0.3, 0.4) is 0 Å². The van der Waals surface area contributed by atoms with Gasteiger partial charge in [-0.1, -0.05) is 39.0 Å². The lowest BCUT2D eigenvalue weighted by molar-refractivity contribution is 0.333. The number of benzene rings is 1. The minimum Gasteiger partial charge on any atom is -0.494 e. The largest absolute Gasteiger partial charge is 0.494 e. The first kappa shape index (κ1) is 16.9. The van der Waals surface area contributed by atoms with E-state index in [0.29, 0.717) is 18.1 Å². The molecule has 0 saturated heterocycles. The molecule has 2 aromatic rings. The summed E-state index contributed by atoms with van der Waals surface area (Å²) < 4.78 is 11.4. The number of allylic oxidation sites excluding steroid dienone is 1. The minimum atomic E-state index is -0.385. The van der Waals surface area contributed by atoms with Gasteiger partial charge in [-0.25, -0.2) is 0 Å². The summed E-state index contributed by atoms with van der Waals surface area (Å²) in [6.07, 6.45) is 0. The number of fused-ring (bicyclic) bond motifs is 1. The molecule has 0 aliphatic carbocycles. The maximum Gasteiger partial charge on any atom is 0.244 e. The van der Waals surface area contributed by atoms with Gasteiger partial charge >= 0.3 is 0 Å². The zero-order chi connectivity index (χ0) is 18.2. The highest BCUT2D eigenvalue weighted by Gasteiger charge is 2.39. The van der Waals surface area contributed by atoms with Crippen LogP contribution in [0.2, 0.25) is 0 Å². The van der Waals surface area contributed by atoms with E-state index in [4.69, 9.17) is 15.2 Å². The number of hydrogen-bond acceptors (Lipinski definition) is 5. The average molecular weight is 338 g/mol. The Morgan fingerprint density at radius 1 is 1.36 bits per heavy atom. The zero-order valence-electron chi connectivity index (χ0n) is 14.9. The van der Waals surface area contributed by atoms with E-state index in [0.717, 1.165) is 22.6 Å². The molecule has 1 aromatic heterocycles. The molecule has 1 aliphatic rings. The molecule has 1 aliphatic heterocycles. The fraction of sp³-hybridized carbons (Fsp3) is 0.368. The number of nitriles is 1. The van der Waals surface area contributed by atoms with E-state index in [2.05, 4.69) is 37.0 Å². The molecule has 3 N–H and O–H groups in total. The third kappa shape index (κ3) is 2.82. The van der Waals surface area contributed by atoms with E-state index in [1.165, 1.54) is 0 Å². The molecule has 0 spiro atoms. The number of rotatable bonds is 3. The predicted octanol–water partition coefficient (Wildman–Crippen LogP) is 3.32. The summed E-state index contributed by atoms with van der Waals surface area (Å²) in [5.41, 5.74) is 8.81. The van der Waals surface area contributed by atoms with Crippen molar-refractivity contribution in [1.82, 2.24) is 10.2 Å². The van der Waals surface area contributed by atoms with Crippen LogP contribution < -0.4 is 15.2 Å². The normalized spacial score (nSPS) is 16.8. The fourth-order valence-corrected chi connectivity index (χ4v) is 3.13. The molecule has 0 bridgehead atoms. The van der Waals surface area contributed by atoms with E-state index in [1.54, 1.807) is 0 Å². The summed E-state index contributed by atoms with van der Waals surface area (Å²) in [7, 11) is 0. The number of para-hydroxylation sites is 1. The van der Waals surface area contributed by atoms with Gasteiger partial charge in [-0.2, -0.15) is 5.26 Å². The first-order valence-corrected chi connectivity index (χ1v) is 8.26. The fourth-order valence-electron chi connectivity index (χ4n) is 3.13. The quantitative estimate of drug-likeness (QED) is 0.895. The number of aromatic amines is 1. The van der Waals surface area contributed by atoms with Crippen molar-refractivity contribution < 1.29 is 9.47 Å². The summed E-state index contributed by atoms with van der Waals surface area (Å²) >= 11 is 0. The van der Waals surface area contributed by atoms with Crippen LogP contribution in [-0.4, -0.2) is 16.8 Å². The number of H-pyrrole nitrogens is 1. The molecular formula is C19H22N4O2. The molecule has 6 heteroatoms. The van der Waals surface area contributed by atoms with Crippen LogP contribution in [0.1, 0.15) is 50.4 Å². The zero-order valence-corrected chi connectivity index (χ0v) is 14.9. The second-order valence-corrected chi connectivity index (χ2v) is 6.96. The summed E-state index contributed by atoms with van der Waals surface area (Å²) in [4.78, 5) is 0. The number of aromatic nitrogens is 2. The van der Waals surface area contributed by atoms with E-state index in [1.807, 2.05) is 31.2 Å². The summed E-state index contributed by atoms with van der Waals surface area (Å²) in [6, 6.07) is 9.90. The van der Waals surface area contributed by atoms with Crippen molar-refractivity contribution in [3.8, 4) is 17.7 Å². The Morgan fingerprint density at radius 2 is 2.08 bits per heavy atom. The Balaban J connectivity index is 2.28. The van der Waals surface area contributed by atoms with E-state index < -0.39 is 0 Å². The van der Waals surface area contributed by atoms with Crippen molar-refractivity contribution in [3.63, 3.8) is 0 Å². The first-order valence-electron chi connectivity index (χ1n) is 8.26. The van der Waals surface area contributed by atoms with Crippen molar-refractivity contribution in [2.75, 3.05) is 6.61 Å². The molecule has 1 aromatic carbocycles. The van der Waals surface area contributed by atoms with Gasteiger partial charge in [0.2, 0.25) is 11.8 Å². The molecule has 25 heavy (non-hydrogen) atoms. The van der Waals surface area contributed by atoms with Gasteiger partial charge in [0.1, 0.15) is 17.4 Å². The van der Waals surface area contributed by atoms with Crippen LogP contribution in [0.4, 0.5) is 0 Å². The number of ether oxygens (including phenoxy) is 2. The Bertz CT molecular complexity index is 868. The SMILES string of the molecule is CCOc1ccccc1[C@H]1C(C#N)=C(N)Oc2n[nH]c(C(C)(C)C)c21. The smallest absolute Gasteiger partial charge is 0.244 e. The third-order valence-electron chi connectivity index (χ3n) is 4.22. The predicted molar refractivity (Wildman–Crippen MR) is 94.2 cm³/mol. The van der Waals surface area contributed by atoms with Gasteiger partial charge in [0, 0.05) is 16.7 Å². The molecule has 2 heterocycles. The second kappa shape index (κ2) is 6.17. The van der Waals surface area contributed by atoms with Crippen LogP contribution in [-0.2, 0) is 5.41 Å². The maximum atomic E-state index is 9.73. The molecule has 6 nitrogen and oxygen atoms in total. The molecule has 3 rings (SSSR count). The molecule has 0 saturated carbocycles. The monoisotopic (exact) mass is 338 g/mol. The van der Waals surface area contributed by atoms with Gasteiger partial charge in [0.15, 0.2) is 0 Å². The van der Waals surface area contributed by atoms with Crippen LogP contribution in [0.25, 0.3) is 0 Å². The van der Waals surface area contributed by atoms with Crippen LogP contribution >= 0.6 is 0 Å². The van der Waals surface area contributed by atoms with Gasteiger partial charge < -0.3 is 15.2 Å². The van der Waals surface area contributed by atoms with Gasteiger partial charge in [-0.15, -0.1) is 5.10 Å². The highest BCUT2D eigenvalue weighted by Crippen LogP contribution is 2.47. The first-order chi connectivity index (χ1) is 11.9. The van der Waals surface area contributed by atoms with E-state index in [-0.39, 0.29) is 17.2 Å². The Kier molecular flexibility index (Phi) is 4.17. The number of hydrogen-bond donors (Lipinski definition) is 2. The molecule has 1 atom stereocenters. The Morgan fingerprint density at radius 3 is 2.72 bits per heavy atom. The highest BCUT2D eigenvalue weighted by molar-refractivity contribution is 5.58. The van der Waals surface area contributed by atoms with Crippen LogP contribution in [0.15, 0.2) is 35.7 Å². The van der Waals surface area contributed by atoms with Gasteiger partial charge in [0.05, 0.1) is 18.1 Å². The minimum absolute atomic E-state index is 0.0817. The van der Waals surface area contributed by atoms with Crippen molar-refractivity contribution >= 4 is 0 Å². The van der Waals surface area contributed by atoms with Gasteiger partial charge in [-0.05, 0) is 13.0 Å². The number of nitrogens with two attached hydrogens (primary N) is 1. The number of nitrogens with one attached hydrogen (secondary N) is 1. The lowest BCUT2D eigenvalue weighted by Gasteiger charge is -2.28. The number of nitrogens with zero attached hydrogens (tertiary/aromatic N) is 2. The molecule has 0 radical (unpaired) electrons. The van der Waals surface area contributed by atoms with Crippen molar-refractivity contribution in [1.29, 1.82) is 5.26 Å². The third-order valence-corrected chi connectivity index (χ3v) is 4.22. The van der Waals surface area contributed by atoms with E-state index >= 15 is 0 Å².